The van der Waals surface area contributed by atoms with Crippen LogP contribution in [0.25, 0.3) is 0 Å². The first-order chi connectivity index (χ1) is 9.20. The first kappa shape index (κ1) is 14.0. The van der Waals surface area contributed by atoms with Crippen molar-refractivity contribution in [2.75, 3.05) is 6.54 Å². The van der Waals surface area contributed by atoms with Crippen molar-refractivity contribution < 1.29 is 0 Å². The largest absolute Gasteiger partial charge is 0.311 e. The van der Waals surface area contributed by atoms with Crippen molar-refractivity contribution >= 4 is 11.6 Å². The van der Waals surface area contributed by atoms with Crippen LogP contribution in [0.2, 0.25) is 5.02 Å². The van der Waals surface area contributed by atoms with E-state index in [0.717, 1.165) is 44.0 Å². The fourth-order valence-corrected chi connectivity index (χ4v) is 1.91. The van der Waals surface area contributed by atoms with Gasteiger partial charge in [0.15, 0.2) is 0 Å². The van der Waals surface area contributed by atoms with Crippen LogP contribution < -0.4 is 5.32 Å². The molecular formula is C12H19ClN6. The fraction of sp³-hybridized carbons (Fsp3) is 0.583. The number of hydrogen-bond donors (Lipinski definition) is 1. The molecule has 1 N–H and O–H groups in total. The zero-order valence-corrected chi connectivity index (χ0v) is 12.1. The Bertz CT molecular complexity index is 518. The van der Waals surface area contributed by atoms with E-state index < -0.39 is 0 Å². The second kappa shape index (κ2) is 6.68. The van der Waals surface area contributed by atoms with Gasteiger partial charge in [-0.2, -0.15) is 5.10 Å². The van der Waals surface area contributed by atoms with Gasteiger partial charge in [0.25, 0.3) is 0 Å². The third-order valence-corrected chi connectivity index (χ3v) is 3.27. The maximum Gasteiger partial charge on any atom is 0.0964 e. The molecule has 19 heavy (non-hydrogen) atoms. The Labute approximate surface area is 117 Å². The standard InChI is InChI=1S/C12H19ClN6/c1-3-4-14-7-11-9-18(17-16-11)5-6-19-10(2)12(13)8-15-19/h8-9,14H,3-7H2,1-2H3. The monoisotopic (exact) mass is 282 g/mol. The van der Waals surface area contributed by atoms with Gasteiger partial charge in [-0.15, -0.1) is 5.10 Å². The van der Waals surface area contributed by atoms with Crippen LogP contribution in [0.3, 0.4) is 0 Å². The first-order valence-electron chi connectivity index (χ1n) is 6.48. The zero-order valence-electron chi connectivity index (χ0n) is 11.3. The van der Waals surface area contributed by atoms with Crippen LogP contribution >= 0.6 is 11.6 Å². The molecule has 0 atom stereocenters. The van der Waals surface area contributed by atoms with Gasteiger partial charge in [0, 0.05) is 12.7 Å². The van der Waals surface area contributed by atoms with Gasteiger partial charge in [-0.1, -0.05) is 23.7 Å². The number of rotatable bonds is 7. The van der Waals surface area contributed by atoms with Crippen LogP contribution in [0.5, 0.6) is 0 Å². The van der Waals surface area contributed by atoms with Gasteiger partial charge in [0.2, 0.25) is 0 Å². The predicted octanol–water partition coefficient (Wildman–Crippen LogP) is 1.64. The summed E-state index contributed by atoms with van der Waals surface area (Å²) in [5.41, 5.74) is 1.94. The Morgan fingerprint density at radius 3 is 2.89 bits per heavy atom. The van der Waals surface area contributed by atoms with Gasteiger partial charge >= 0.3 is 0 Å². The number of nitrogens with zero attached hydrogens (tertiary/aromatic N) is 5. The van der Waals surface area contributed by atoms with Crippen LogP contribution in [0.15, 0.2) is 12.4 Å². The predicted molar refractivity (Wildman–Crippen MR) is 74.0 cm³/mol. The van der Waals surface area contributed by atoms with Crippen molar-refractivity contribution in [3.63, 3.8) is 0 Å². The van der Waals surface area contributed by atoms with Gasteiger partial charge in [-0.3, -0.25) is 9.36 Å². The van der Waals surface area contributed by atoms with E-state index in [1.807, 2.05) is 22.5 Å². The van der Waals surface area contributed by atoms with E-state index in [4.69, 9.17) is 11.6 Å². The highest BCUT2D eigenvalue weighted by molar-refractivity contribution is 6.31. The normalized spacial score (nSPS) is 11.1. The van der Waals surface area contributed by atoms with Gasteiger partial charge in [0.05, 0.1) is 35.7 Å². The number of aryl methyl sites for hydroxylation is 2. The molecule has 0 unspecified atom stereocenters. The number of aromatic nitrogens is 5. The fourth-order valence-electron chi connectivity index (χ4n) is 1.77. The van der Waals surface area contributed by atoms with E-state index in [-0.39, 0.29) is 0 Å². The van der Waals surface area contributed by atoms with Crippen molar-refractivity contribution in [1.29, 1.82) is 0 Å². The second-order valence-electron chi connectivity index (χ2n) is 4.45. The summed E-state index contributed by atoms with van der Waals surface area (Å²) in [6.07, 6.45) is 4.74. The topological polar surface area (TPSA) is 60.6 Å². The minimum atomic E-state index is 0.697. The third kappa shape index (κ3) is 3.78. The smallest absolute Gasteiger partial charge is 0.0964 e. The number of nitrogens with one attached hydrogen (secondary N) is 1. The van der Waals surface area contributed by atoms with Gasteiger partial charge in [0.1, 0.15) is 0 Å². The molecule has 0 aliphatic rings. The van der Waals surface area contributed by atoms with Crippen LogP contribution in [0.4, 0.5) is 0 Å². The molecule has 2 rings (SSSR count). The average Bonchev–Trinajstić information content (AvgIpc) is 2.97. The summed E-state index contributed by atoms with van der Waals surface area (Å²) < 4.78 is 3.71. The van der Waals surface area contributed by atoms with Crippen molar-refractivity contribution in [3.05, 3.63) is 28.8 Å². The molecule has 0 aliphatic heterocycles. The van der Waals surface area contributed by atoms with Gasteiger partial charge in [-0.05, 0) is 19.9 Å². The lowest BCUT2D eigenvalue weighted by Gasteiger charge is -2.03. The molecule has 0 bridgehead atoms. The summed E-state index contributed by atoms with van der Waals surface area (Å²) >= 11 is 5.96. The number of hydrogen-bond acceptors (Lipinski definition) is 4. The Balaban J connectivity index is 1.84. The summed E-state index contributed by atoms with van der Waals surface area (Å²) in [5.74, 6) is 0. The van der Waals surface area contributed by atoms with Crippen molar-refractivity contribution in [1.82, 2.24) is 30.1 Å². The lowest BCUT2D eigenvalue weighted by atomic mass is 10.4. The van der Waals surface area contributed by atoms with E-state index in [0.29, 0.717) is 5.02 Å². The molecule has 0 fully saturated rings. The maximum atomic E-state index is 5.96. The van der Waals surface area contributed by atoms with Crippen molar-refractivity contribution in [2.24, 2.45) is 0 Å². The summed E-state index contributed by atoms with van der Waals surface area (Å²) in [5, 5.41) is 16.4. The van der Waals surface area contributed by atoms with E-state index in [1.54, 1.807) is 6.20 Å². The zero-order chi connectivity index (χ0) is 13.7. The Kier molecular flexibility index (Phi) is 4.93. The highest BCUT2D eigenvalue weighted by Gasteiger charge is 2.05. The Morgan fingerprint density at radius 2 is 2.21 bits per heavy atom. The molecule has 2 heterocycles. The molecule has 0 radical (unpaired) electrons. The second-order valence-corrected chi connectivity index (χ2v) is 4.86. The summed E-state index contributed by atoms with van der Waals surface area (Å²) in [7, 11) is 0. The molecule has 2 aromatic rings. The molecule has 7 heteroatoms. The third-order valence-electron chi connectivity index (χ3n) is 2.90. The minimum absolute atomic E-state index is 0.697. The van der Waals surface area contributed by atoms with Crippen LogP contribution in [-0.2, 0) is 19.6 Å². The van der Waals surface area contributed by atoms with E-state index >= 15 is 0 Å². The lowest BCUT2D eigenvalue weighted by molar-refractivity contribution is 0.483. The summed E-state index contributed by atoms with van der Waals surface area (Å²) in [6, 6.07) is 0. The van der Waals surface area contributed by atoms with E-state index in [1.165, 1.54) is 0 Å². The molecule has 0 saturated heterocycles. The SMILES string of the molecule is CCCNCc1cn(CCn2ncc(Cl)c2C)nn1. The molecular weight excluding hydrogens is 264 g/mol. The Morgan fingerprint density at radius 1 is 1.37 bits per heavy atom. The molecule has 104 valence electrons. The lowest BCUT2D eigenvalue weighted by Crippen LogP contribution is -2.14. The van der Waals surface area contributed by atoms with Crippen LogP contribution in [0.1, 0.15) is 24.7 Å². The summed E-state index contributed by atoms with van der Waals surface area (Å²) in [4.78, 5) is 0. The quantitative estimate of drug-likeness (QED) is 0.784. The maximum absolute atomic E-state index is 5.96. The average molecular weight is 283 g/mol. The number of halogens is 1. The molecule has 0 amide bonds. The van der Waals surface area contributed by atoms with Crippen molar-refractivity contribution in [2.45, 2.75) is 39.9 Å². The molecule has 0 saturated carbocycles. The molecule has 6 nitrogen and oxygen atoms in total. The summed E-state index contributed by atoms with van der Waals surface area (Å²) in [6.45, 7) is 7.33. The molecule has 0 aliphatic carbocycles. The van der Waals surface area contributed by atoms with E-state index in [9.17, 15) is 0 Å². The highest BCUT2D eigenvalue weighted by atomic mass is 35.5. The van der Waals surface area contributed by atoms with Crippen LogP contribution in [0, 0.1) is 6.92 Å². The van der Waals surface area contributed by atoms with E-state index in [2.05, 4.69) is 27.7 Å². The van der Waals surface area contributed by atoms with Gasteiger partial charge in [-0.25, -0.2) is 0 Å². The van der Waals surface area contributed by atoms with Crippen molar-refractivity contribution in [3.8, 4) is 0 Å². The Hall–Kier alpha value is -1.40. The molecule has 2 aromatic heterocycles. The highest BCUT2D eigenvalue weighted by Crippen LogP contribution is 2.12. The minimum Gasteiger partial charge on any atom is -0.311 e. The molecule has 0 aromatic carbocycles. The van der Waals surface area contributed by atoms with Gasteiger partial charge < -0.3 is 5.32 Å². The van der Waals surface area contributed by atoms with Crippen LogP contribution in [-0.4, -0.2) is 31.3 Å². The first-order valence-corrected chi connectivity index (χ1v) is 6.86. The molecule has 0 spiro atoms.